The van der Waals surface area contributed by atoms with Gasteiger partial charge in [0.15, 0.2) is 0 Å². The molecule has 2 heterocycles. The van der Waals surface area contributed by atoms with Crippen LogP contribution < -0.4 is 5.32 Å². The normalized spacial score (nSPS) is 18.6. The Balaban J connectivity index is 1.51. The molecule has 106 valence electrons. The van der Waals surface area contributed by atoms with Crippen LogP contribution in [0.3, 0.4) is 0 Å². The van der Waals surface area contributed by atoms with E-state index in [2.05, 4.69) is 22.6 Å². The second-order valence-corrected chi connectivity index (χ2v) is 8.11. The van der Waals surface area contributed by atoms with Gasteiger partial charge in [-0.1, -0.05) is 0 Å². The van der Waals surface area contributed by atoms with Gasteiger partial charge in [0.1, 0.15) is 0 Å². The summed E-state index contributed by atoms with van der Waals surface area (Å²) in [6.45, 7) is 3.08. The minimum Gasteiger partial charge on any atom is -0.309 e. The van der Waals surface area contributed by atoms with Crippen molar-refractivity contribution in [3.8, 4) is 0 Å². The predicted molar refractivity (Wildman–Crippen MR) is 83.6 cm³/mol. The summed E-state index contributed by atoms with van der Waals surface area (Å²) in [5, 5.41) is 8.18. The molecule has 0 spiro atoms. The first-order chi connectivity index (χ1) is 9.78. The van der Waals surface area contributed by atoms with E-state index >= 15 is 0 Å². The van der Waals surface area contributed by atoms with Crippen molar-refractivity contribution in [3.63, 3.8) is 0 Å². The van der Waals surface area contributed by atoms with Crippen molar-refractivity contribution < 1.29 is 0 Å². The van der Waals surface area contributed by atoms with E-state index in [-0.39, 0.29) is 0 Å². The third-order valence-electron chi connectivity index (χ3n) is 3.86. The third-order valence-corrected chi connectivity index (χ3v) is 5.76. The number of rotatable bonds is 6. The number of nitrogens with one attached hydrogen (secondary N) is 1. The molecule has 2 saturated carbocycles. The number of thiazole rings is 2. The Morgan fingerprint density at radius 2 is 2.10 bits per heavy atom. The summed E-state index contributed by atoms with van der Waals surface area (Å²) in [4.78, 5) is 11.0. The fourth-order valence-electron chi connectivity index (χ4n) is 2.46. The van der Waals surface area contributed by atoms with Crippen LogP contribution in [0.25, 0.3) is 0 Å². The molecule has 5 heteroatoms. The highest BCUT2D eigenvalue weighted by molar-refractivity contribution is 7.11. The van der Waals surface area contributed by atoms with E-state index in [0.717, 1.165) is 29.9 Å². The molecule has 0 aliphatic heterocycles. The molecule has 2 aliphatic carbocycles. The molecule has 0 atom stereocenters. The fraction of sp³-hybridized carbons (Fsp3) is 0.600. The largest absolute Gasteiger partial charge is 0.309 e. The van der Waals surface area contributed by atoms with Gasteiger partial charge >= 0.3 is 0 Å². The highest BCUT2D eigenvalue weighted by Gasteiger charge is 2.30. The summed E-state index contributed by atoms with van der Waals surface area (Å²) in [5.41, 5.74) is 2.55. The second-order valence-electron chi connectivity index (χ2n) is 5.88. The van der Waals surface area contributed by atoms with Crippen molar-refractivity contribution in [2.24, 2.45) is 0 Å². The molecule has 0 amide bonds. The quantitative estimate of drug-likeness (QED) is 0.885. The van der Waals surface area contributed by atoms with E-state index in [4.69, 9.17) is 4.98 Å². The number of hydrogen-bond donors (Lipinski definition) is 1. The number of aryl methyl sites for hydroxylation is 1. The van der Waals surface area contributed by atoms with Gasteiger partial charge in [-0.05, 0) is 32.6 Å². The summed E-state index contributed by atoms with van der Waals surface area (Å²) in [5.74, 6) is 0.744. The molecule has 4 rings (SSSR count). The molecule has 0 aromatic carbocycles. The summed E-state index contributed by atoms with van der Waals surface area (Å²) >= 11 is 3.62. The number of aromatic nitrogens is 2. The maximum atomic E-state index is 4.92. The first-order valence-corrected chi connectivity index (χ1v) is 9.10. The van der Waals surface area contributed by atoms with Crippen LogP contribution in [0, 0.1) is 6.92 Å². The van der Waals surface area contributed by atoms with Gasteiger partial charge in [0.2, 0.25) is 0 Å². The van der Waals surface area contributed by atoms with E-state index in [9.17, 15) is 0 Å². The minimum absolute atomic E-state index is 0.744. The van der Waals surface area contributed by atoms with Gasteiger partial charge in [0, 0.05) is 35.2 Å². The molecule has 0 radical (unpaired) electrons. The molecule has 2 aromatic heterocycles. The van der Waals surface area contributed by atoms with Crippen LogP contribution in [-0.2, 0) is 13.0 Å². The van der Waals surface area contributed by atoms with E-state index < -0.39 is 0 Å². The van der Waals surface area contributed by atoms with Crippen LogP contribution in [0.4, 0.5) is 0 Å². The van der Waals surface area contributed by atoms with Gasteiger partial charge in [-0.2, -0.15) is 0 Å². The minimum atomic E-state index is 0.744. The van der Waals surface area contributed by atoms with Crippen molar-refractivity contribution in [1.29, 1.82) is 0 Å². The van der Waals surface area contributed by atoms with Gasteiger partial charge in [-0.3, -0.25) is 0 Å². The summed E-state index contributed by atoms with van der Waals surface area (Å²) in [6.07, 6.45) is 6.26. The zero-order valence-electron chi connectivity index (χ0n) is 11.7. The Bertz CT molecular complexity index is 608. The first kappa shape index (κ1) is 12.9. The van der Waals surface area contributed by atoms with Gasteiger partial charge < -0.3 is 5.32 Å². The number of hydrogen-bond acceptors (Lipinski definition) is 5. The van der Waals surface area contributed by atoms with Crippen molar-refractivity contribution >= 4 is 22.7 Å². The maximum Gasteiger partial charge on any atom is 0.0991 e. The van der Waals surface area contributed by atoms with Crippen LogP contribution in [0.15, 0.2) is 5.38 Å². The Morgan fingerprint density at radius 1 is 1.25 bits per heavy atom. The Morgan fingerprint density at radius 3 is 2.75 bits per heavy atom. The van der Waals surface area contributed by atoms with E-state index in [1.165, 1.54) is 47.0 Å². The second kappa shape index (κ2) is 5.20. The van der Waals surface area contributed by atoms with Crippen LogP contribution in [0.1, 0.15) is 57.9 Å². The molecule has 2 fully saturated rings. The molecule has 2 aliphatic rings. The van der Waals surface area contributed by atoms with Crippen molar-refractivity contribution in [2.75, 3.05) is 0 Å². The van der Waals surface area contributed by atoms with Crippen LogP contribution in [-0.4, -0.2) is 16.0 Å². The number of nitrogens with zero attached hydrogens (tertiary/aromatic N) is 2. The van der Waals surface area contributed by atoms with Crippen molar-refractivity contribution in [1.82, 2.24) is 15.3 Å². The maximum absolute atomic E-state index is 4.92. The Labute approximate surface area is 127 Å². The van der Waals surface area contributed by atoms with Gasteiger partial charge in [0.05, 0.1) is 21.4 Å². The predicted octanol–water partition coefficient (Wildman–Crippen LogP) is 3.63. The van der Waals surface area contributed by atoms with E-state index in [0.29, 0.717) is 0 Å². The molecule has 1 N–H and O–H groups in total. The molecule has 0 unspecified atom stereocenters. The molecular formula is C15H19N3S2. The first-order valence-electron chi connectivity index (χ1n) is 7.41. The standard InChI is InChI=1S/C15H19N3S2/c1-9-17-12(8-19-9)6-14-18-15(10-2-3-10)13(20-14)7-16-11-4-5-11/h8,10-11,16H,2-7H2,1H3. The average molecular weight is 305 g/mol. The lowest BCUT2D eigenvalue weighted by atomic mass is 10.2. The third kappa shape index (κ3) is 2.95. The zero-order valence-corrected chi connectivity index (χ0v) is 13.3. The Kier molecular flexibility index (Phi) is 3.36. The smallest absolute Gasteiger partial charge is 0.0991 e. The topological polar surface area (TPSA) is 37.8 Å². The monoisotopic (exact) mass is 305 g/mol. The molecule has 2 aromatic rings. The van der Waals surface area contributed by atoms with Crippen molar-refractivity contribution in [2.45, 2.75) is 57.5 Å². The highest BCUT2D eigenvalue weighted by Crippen LogP contribution is 2.43. The van der Waals surface area contributed by atoms with Crippen LogP contribution in [0.5, 0.6) is 0 Å². The summed E-state index contributed by atoms with van der Waals surface area (Å²) < 4.78 is 0. The zero-order chi connectivity index (χ0) is 13.5. The van der Waals surface area contributed by atoms with Crippen LogP contribution in [0.2, 0.25) is 0 Å². The molecule has 3 nitrogen and oxygen atoms in total. The molecule has 0 saturated heterocycles. The van der Waals surface area contributed by atoms with E-state index in [1.54, 1.807) is 11.3 Å². The van der Waals surface area contributed by atoms with E-state index in [1.807, 2.05) is 11.3 Å². The Hall–Kier alpha value is -0.780. The highest BCUT2D eigenvalue weighted by atomic mass is 32.1. The van der Waals surface area contributed by atoms with Crippen molar-refractivity contribution in [3.05, 3.63) is 31.7 Å². The summed E-state index contributed by atoms with van der Waals surface area (Å²) in [7, 11) is 0. The lowest BCUT2D eigenvalue weighted by molar-refractivity contribution is 0.688. The molecule has 0 bridgehead atoms. The van der Waals surface area contributed by atoms with Gasteiger partial charge in [-0.15, -0.1) is 22.7 Å². The molecule has 20 heavy (non-hydrogen) atoms. The van der Waals surface area contributed by atoms with Gasteiger partial charge in [0.25, 0.3) is 0 Å². The fourth-order valence-corrected chi connectivity index (χ4v) is 4.19. The SMILES string of the molecule is Cc1nc(Cc2nc(C3CC3)c(CNC3CC3)s2)cs1. The molecular weight excluding hydrogens is 286 g/mol. The lowest BCUT2D eigenvalue weighted by Crippen LogP contribution is -2.15. The van der Waals surface area contributed by atoms with Crippen LogP contribution >= 0.6 is 22.7 Å². The van der Waals surface area contributed by atoms with Gasteiger partial charge in [-0.25, -0.2) is 9.97 Å². The lowest BCUT2D eigenvalue weighted by Gasteiger charge is -2.01. The summed E-state index contributed by atoms with van der Waals surface area (Å²) in [6, 6.07) is 0.772. The average Bonchev–Trinajstić information content (AvgIpc) is 3.35.